The van der Waals surface area contributed by atoms with Gasteiger partial charge in [0.2, 0.25) is 0 Å². The third-order valence-corrected chi connectivity index (χ3v) is 14.3. The molecule has 392 valence electrons. The molecule has 11 nitrogen and oxygen atoms in total. The largest absolute Gasteiger partial charge is 0.466 e. The van der Waals surface area contributed by atoms with Crippen molar-refractivity contribution < 1.29 is 55.2 Å². The average molecular weight is 1060 g/mol. The maximum Gasteiger partial charge on any atom is 0.311 e. The summed E-state index contributed by atoms with van der Waals surface area (Å²) < 4.78 is 75.3. The zero-order valence-electron chi connectivity index (χ0n) is 42.3. The minimum Gasteiger partial charge on any atom is -0.466 e. The van der Waals surface area contributed by atoms with Gasteiger partial charge in [-0.15, -0.1) is 0 Å². The Labute approximate surface area is 440 Å². The van der Waals surface area contributed by atoms with Gasteiger partial charge in [0, 0.05) is 40.8 Å². The van der Waals surface area contributed by atoms with Crippen LogP contribution >= 0.6 is 23.2 Å². The number of morpholine rings is 1. The van der Waals surface area contributed by atoms with E-state index < -0.39 is 35.8 Å². The van der Waals surface area contributed by atoms with E-state index in [9.17, 15) is 36.8 Å². The number of hydrogen-bond donors (Lipinski definition) is 2. The molecule has 0 bridgehead atoms. The lowest BCUT2D eigenvalue weighted by Gasteiger charge is -2.31. The van der Waals surface area contributed by atoms with Crippen LogP contribution in [0.4, 0.5) is 8.78 Å². The minimum atomic E-state index is -4.07. The van der Waals surface area contributed by atoms with Crippen LogP contribution in [0.2, 0.25) is 36.3 Å². The molecule has 2 N–H and O–H groups in total. The molecular weight excluding hydrogens is 997 g/mol. The van der Waals surface area contributed by atoms with Crippen molar-refractivity contribution in [3.8, 4) is 22.3 Å². The third kappa shape index (κ3) is 19.5. The molecule has 1 aliphatic rings. The van der Waals surface area contributed by atoms with Gasteiger partial charge in [-0.3, -0.25) is 18.7 Å². The summed E-state index contributed by atoms with van der Waals surface area (Å²) in [5.41, 5.74) is 5.19. The van der Waals surface area contributed by atoms with Crippen molar-refractivity contribution in [2.24, 2.45) is 23.7 Å². The van der Waals surface area contributed by atoms with E-state index in [4.69, 9.17) is 41.6 Å². The lowest BCUT2D eigenvalue weighted by Crippen LogP contribution is -2.42. The standard InChI is InChI=1S/C29H33BClFO6S.C26H34BClFNO4/c1-4-37-29(33)24(19-38-39(35,36)26-12-5-20(2)6-13-26)16-22(18-30(3)34)15-21-7-9-23(10-8-21)27-17-25(31)11-14-28(27)32;1-3-34-26(31)22(18-30-10-12-33-13-11-30)15-20(17-27(2)32)14-19-4-6-21(7-5-19)24-16-23(28)8-9-25(24)29/h5-14,17,22,24,34H,4,15-16,18-19H2,1-3H3;4-9,16,20,22,32H,3,10-15,17-18H2,1-2H3/t22-,24+;20-,22+/m11/s1. The number of halogens is 4. The Kier molecular flexibility index (Phi) is 23.9. The van der Waals surface area contributed by atoms with Gasteiger partial charge in [0.05, 0.1) is 49.8 Å². The average Bonchev–Trinajstić information content (AvgIpc) is 3.35. The summed E-state index contributed by atoms with van der Waals surface area (Å²) in [7, 11) is -4.07. The molecular formula is C55H67B2Cl2F2NO10S. The Morgan fingerprint density at radius 3 is 1.56 bits per heavy atom. The van der Waals surface area contributed by atoms with E-state index in [2.05, 4.69) is 4.90 Å². The Balaban J connectivity index is 0.000000273. The summed E-state index contributed by atoms with van der Waals surface area (Å²) >= 11 is 12.1. The van der Waals surface area contributed by atoms with Gasteiger partial charge in [0.15, 0.2) is 0 Å². The number of benzene rings is 5. The highest BCUT2D eigenvalue weighted by Gasteiger charge is 2.31. The van der Waals surface area contributed by atoms with Gasteiger partial charge in [0.25, 0.3) is 23.9 Å². The summed E-state index contributed by atoms with van der Waals surface area (Å²) in [6.07, 6.45) is 3.06. The van der Waals surface area contributed by atoms with E-state index in [1.54, 1.807) is 57.0 Å². The van der Waals surface area contributed by atoms with Gasteiger partial charge in [0.1, 0.15) is 11.6 Å². The van der Waals surface area contributed by atoms with E-state index in [-0.39, 0.29) is 59.9 Å². The van der Waals surface area contributed by atoms with Crippen LogP contribution in [0.15, 0.2) is 114 Å². The van der Waals surface area contributed by atoms with Crippen LogP contribution in [0.5, 0.6) is 0 Å². The van der Waals surface area contributed by atoms with Gasteiger partial charge in [-0.05, 0) is 142 Å². The molecule has 0 radical (unpaired) electrons. The summed E-state index contributed by atoms with van der Waals surface area (Å²) in [5.74, 6) is -2.63. The summed E-state index contributed by atoms with van der Waals surface area (Å²) in [5, 5.41) is 21.2. The molecule has 73 heavy (non-hydrogen) atoms. The zero-order valence-corrected chi connectivity index (χ0v) is 44.6. The van der Waals surface area contributed by atoms with Gasteiger partial charge in [-0.1, -0.05) is 103 Å². The molecule has 18 heteroatoms. The first-order chi connectivity index (χ1) is 34.8. The predicted octanol–water partition coefficient (Wildman–Crippen LogP) is 11.0. The molecule has 1 heterocycles. The molecule has 0 aliphatic carbocycles. The van der Waals surface area contributed by atoms with Crippen LogP contribution in [0.25, 0.3) is 22.3 Å². The SMILES string of the molecule is CCOC(=O)[C@@H](C[C@H](CB(C)O)Cc1ccc(-c2cc(Cl)ccc2F)cc1)CN1CCOCC1.CCOC(=O)[C@H](COS(=O)(=O)c1ccc(C)cc1)C[C@H](CB(C)O)Cc1ccc(-c2cc(Cl)ccc2F)cc1. The fraction of sp³-hybridized carbons (Fsp3) is 0.418. The van der Waals surface area contributed by atoms with Crippen LogP contribution in [0.3, 0.4) is 0 Å². The van der Waals surface area contributed by atoms with Gasteiger partial charge in [-0.25, -0.2) is 8.78 Å². The summed E-state index contributed by atoms with van der Waals surface area (Å²) in [4.78, 5) is 27.8. The van der Waals surface area contributed by atoms with Crippen molar-refractivity contribution in [1.29, 1.82) is 0 Å². The van der Waals surface area contributed by atoms with Gasteiger partial charge < -0.3 is 24.3 Å². The van der Waals surface area contributed by atoms with Crippen molar-refractivity contribution in [3.63, 3.8) is 0 Å². The van der Waals surface area contributed by atoms with Crippen molar-refractivity contribution in [3.05, 3.63) is 148 Å². The Bertz CT molecular complexity index is 2630. The van der Waals surface area contributed by atoms with Gasteiger partial charge >= 0.3 is 11.9 Å². The second-order valence-electron chi connectivity index (χ2n) is 18.8. The number of rotatable bonds is 24. The van der Waals surface area contributed by atoms with Gasteiger partial charge in [-0.2, -0.15) is 8.42 Å². The Morgan fingerprint density at radius 1 is 0.685 bits per heavy atom. The Hall–Kier alpha value is -4.64. The number of aryl methyl sites for hydroxylation is 1. The maximum absolute atomic E-state index is 14.3. The Morgan fingerprint density at radius 2 is 1.12 bits per heavy atom. The second kappa shape index (κ2) is 29.5. The molecule has 0 amide bonds. The van der Waals surface area contributed by atoms with Crippen LogP contribution in [-0.4, -0.2) is 102 Å². The highest BCUT2D eigenvalue weighted by Crippen LogP contribution is 2.31. The zero-order chi connectivity index (χ0) is 53.1. The summed E-state index contributed by atoms with van der Waals surface area (Å²) in [6, 6.07) is 30.2. The molecule has 6 rings (SSSR count). The van der Waals surface area contributed by atoms with Crippen LogP contribution in [-0.2, 0) is 50.9 Å². The molecule has 1 aliphatic heterocycles. The molecule has 1 saturated heterocycles. The third-order valence-electron chi connectivity index (χ3n) is 12.6. The number of ether oxygens (including phenoxy) is 3. The van der Waals surface area contributed by atoms with E-state index in [0.717, 1.165) is 35.3 Å². The molecule has 0 aromatic heterocycles. The van der Waals surface area contributed by atoms with Crippen molar-refractivity contribution in [2.45, 2.75) is 77.6 Å². The first kappa shape index (κ1) is 59.2. The molecule has 0 unspecified atom stereocenters. The fourth-order valence-corrected chi connectivity index (χ4v) is 10.4. The van der Waals surface area contributed by atoms with E-state index in [1.165, 1.54) is 36.4 Å². The van der Waals surface area contributed by atoms with E-state index in [0.29, 0.717) is 85.0 Å². The van der Waals surface area contributed by atoms with Crippen molar-refractivity contribution >= 4 is 59.1 Å². The number of nitrogens with zero attached hydrogens (tertiary/aromatic N) is 1. The first-order valence-electron chi connectivity index (χ1n) is 24.9. The lowest BCUT2D eigenvalue weighted by molar-refractivity contribution is -0.150. The molecule has 0 saturated carbocycles. The monoisotopic (exact) mass is 1060 g/mol. The van der Waals surface area contributed by atoms with Crippen LogP contribution < -0.4 is 0 Å². The molecule has 5 aromatic rings. The lowest BCUT2D eigenvalue weighted by atomic mass is 9.62. The van der Waals surface area contributed by atoms with Crippen LogP contribution in [0.1, 0.15) is 43.4 Å². The maximum atomic E-state index is 14.3. The number of hydrogen-bond acceptors (Lipinski definition) is 11. The molecule has 5 aromatic carbocycles. The minimum absolute atomic E-state index is 0.00692. The van der Waals surface area contributed by atoms with E-state index in [1.807, 2.05) is 50.2 Å². The van der Waals surface area contributed by atoms with Crippen molar-refractivity contribution in [2.75, 3.05) is 52.7 Å². The number of carbonyl (C=O) groups excluding carboxylic acids is 2. The first-order valence-corrected chi connectivity index (χ1v) is 27.0. The summed E-state index contributed by atoms with van der Waals surface area (Å²) in [6.45, 7) is 11.4. The molecule has 4 atom stereocenters. The number of esters is 2. The quantitative estimate of drug-likeness (QED) is 0.0345. The highest BCUT2D eigenvalue weighted by molar-refractivity contribution is 7.86. The predicted molar refractivity (Wildman–Crippen MR) is 286 cm³/mol. The topological polar surface area (TPSA) is 149 Å². The van der Waals surface area contributed by atoms with Crippen LogP contribution in [0, 0.1) is 42.2 Å². The second-order valence-corrected chi connectivity index (χ2v) is 21.3. The molecule has 1 fully saturated rings. The van der Waals surface area contributed by atoms with E-state index >= 15 is 0 Å². The number of carbonyl (C=O) groups is 2. The smallest absolute Gasteiger partial charge is 0.311 e. The normalized spacial score (nSPS) is 14.5. The highest BCUT2D eigenvalue weighted by atomic mass is 35.5. The van der Waals surface area contributed by atoms with Crippen molar-refractivity contribution in [1.82, 2.24) is 4.90 Å². The fourth-order valence-electron chi connectivity index (χ4n) is 9.08. The molecule has 0 spiro atoms.